The van der Waals surface area contributed by atoms with E-state index in [0.717, 1.165) is 6.26 Å². The maximum atomic E-state index is 13.1. The van der Waals surface area contributed by atoms with Crippen LogP contribution in [0.3, 0.4) is 0 Å². The molecule has 32 heavy (non-hydrogen) atoms. The molecule has 9 heteroatoms. The zero-order valence-electron chi connectivity index (χ0n) is 17.2. The standard InChI is InChI=1S/C23H21ClN2O5S/c1-32(28,29)26-14-13-22(31-21-10-6-5-9-19(21)26)23(27)25-18-15-16(24)11-12-20(18)30-17-7-3-2-4-8-17/h2-12,15,22H,13-14H2,1H3,(H,25,27). The highest BCUT2D eigenvalue weighted by atomic mass is 35.5. The average molecular weight is 473 g/mol. The highest BCUT2D eigenvalue weighted by Gasteiger charge is 2.31. The molecule has 0 aromatic heterocycles. The zero-order chi connectivity index (χ0) is 22.7. The van der Waals surface area contributed by atoms with Crippen molar-refractivity contribution in [2.45, 2.75) is 12.5 Å². The number of nitrogens with one attached hydrogen (secondary N) is 1. The topological polar surface area (TPSA) is 84.9 Å². The predicted molar refractivity (Wildman–Crippen MR) is 124 cm³/mol. The van der Waals surface area contributed by atoms with Crippen molar-refractivity contribution < 1.29 is 22.7 Å². The van der Waals surface area contributed by atoms with Gasteiger partial charge in [0.25, 0.3) is 5.91 Å². The normalized spacial score (nSPS) is 15.8. The van der Waals surface area contributed by atoms with Crippen molar-refractivity contribution in [1.29, 1.82) is 0 Å². The predicted octanol–water partition coefficient (Wildman–Crippen LogP) is 4.69. The van der Waals surface area contributed by atoms with Gasteiger partial charge in [-0.25, -0.2) is 8.42 Å². The van der Waals surface area contributed by atoms with E-state index in [4.69, 9.17) is 21.1 Å². The minimum atomic E-state index is -3.53. The Hall–Kier alpha value is -3.23. The Labute approximate surface area is 191 Å². The summed E-state index contributed by atoms with van der Waals surface area (Å²) in [6.45, 7) is 0.108. The second-order valence-electron chi connectivity index (χ2n) is 7.24. The van der Waals surface area contributed by atoms with Crippen LogP contribution in [-0.4, -0.2) is 33.2 Å². The third-order valence-electron chi connectivity index (χ3n) is 4.86. The molecule has 0 saturated heterocycles. The largest absolute Gasteiger partial charge is 0.478 e. The molecule has 3 aromatic carbocycles. The Morgan fingerprint density at radius 1 is 1.09 bits per heavy atom. The molecule has 1 atom stereocenters. The molecule has 1 heterocycles. The molecule has 1 unspecified atom stereocenters. The van der Waals surface area contributed by atoms with Crippen LogP contribution in [-0.2, 0) is 14.8 Å². The van der Waals surface area contributed by atoms with Gasteiger partial charge in [0.05, 0.1) is 17.6 Å². The van der Waals surface area contributed by atoms with Crippen LogP contribution in [0.4, 0.5) is 11.4 Å². The van der Waals surface area contributed by atoms with Crippen molar-refractivity contribution in [1.82, 2.24) is 0 Å². The van der Waals surface area contributed by atoms with Crippen LogP contribution in [0, 0.1) is 0 Å². The second-order valence-corrected chi connectivity index (χ2v) is 9.59. The highest BCUT2D eigenvalue weighted by Crippen LogP contribution is 2.35. The fourth-order valence-corrected chi connectivity index (χ4v) is 4.49. The lowest BCUT2D eigenvalue weighted by Crippen LogP contribution is -2.36. The molecule has 0 fully saturated rings. The van der Waals surface area contributed by atoms with Crippen molar-refractivity contribution >= 4 is 38.9 Å². The van der Waals surface area contributed by atoms with Crippen molar-refractivity contribution in [3.63, 3.8) is 0 Å². The molecule has 1 aliphatic rings. The van der Waals surface area contributed by atoms with Gasteiger partial charge in [-0.2, -0.15) is 0 Å². The van der Waals surface area contributed by atoms with E-state index in [-0.39, 0.29) is 13.0 Å². The average Bonchev–Trinajstić information content (AvgIpc) is 2.96. The number of carbonyl (C=O) groups is 1. The first-order valence-electron chi connectivity index (χ1n) is 9.88. The third-order valence-corrected chi connectivity index (χ3v) is 6.28. The number of sulfonamides is 1. The van der Waals surface area contributed by atoms with Gasteiger partial charge >= 0.3 is 0 Å². The number of anilines is 2. The second kappa shape index (κ2) is 9.10. The van der Waals surface area contributed by atoms with E-state index in [2.05, 4.69) is 5.32 Å². The van der Waals surface area contributed by atoms with Gasteiger partial charge in [0, 0.05) is 18.0 Å². The van der Waals surface area contributed by atoms with Gasteiger partial charge in [-0.3, -0.25) is 9.10 Å². The first-order valence-corrected chi connectivity index (χ1v) is 12.1. The number of halogens is 1. The van der Waals surface area contributed by atoms with E-state index >= 15 is 0 Å². The summed E-state index contributed by atoms with van der Waals surface area (Å²) >= 11 is 6.14. The van der Waals surface area contributed by atoms with Gasteiger partial charge in [0.1, 0.15) is 11.5 Å². The van der Waals surface area contributed by atoms with E-state index < -0.39 is 22.0 Å². The van der Waals surface area contributed by atoms with Crippen LogP contribution in [0.5, 0.6) is 17.2 Å². The SMILES string of the molecule is CS(=O)(=O)N1CCC(C(=O)Nc2cc(Cl)ccc2Oc2ccccc2)Oc2ccccc21. The van der Waals surface area contributed by atoms with Crippen LogP contribution >= 0.6 is 11.6 Å². The molecule has 1 N–H and O–H groups in total. The molecule has 0 aliphatic carbocycles. The van der Waals surface area contributed by atoms with Crippen LogP contribution in [0.2, 0.25) is 5.02 Å². The van der Waals surface area contributed by atoms with Crippen LogP contribution in [0.1, 0.15) is 6.42 Å². The van der Waals surface area contributed by atoms with E-state index in [9.17, 15) is 13.2 Å². The smallest absolute Gasteiger partial charge is 0.265 e. The minimum absolute atomic E-state index is 0.108. The molecule has 1 amide bonds. The monoisotopic (exact) mass is 472 g/mol. The summed E-state index contributed by atoms with van der Waals surface area (Å²) in [5.74, 6) is 0.909. The van der Waals surface area contributed by atoms with Gasteiger partial charge in [-0.1, -0.05) is 41.9 Å². The van der Waals surface area contributed by atoms with Gasteiger partial charge in [0.2, 0.25) is 10.0 Å². The molecule has 166 valence electrons. The van der Waals surface area contributed by atoms with Gasteiger partial charge < -0.3 is 14.8 Å². The molecular weight excluding hydrogens is 452 g/mol. The highest BCUT2D eigenvalue weighted by molar-refractivity contribution is 7.92. The molecule has 0 bridgehead atoms. The maximum absolute atomic E-state index is 13.1. The molecule has 0 radical (unpaired) electrons. The number of benzene rings is 3. The van der Waals surface area contributed by atoms with Crippen LogP contribution < -0.4 is 19.1 Å². The maximum Gasteiger partial charge on any atom is 0.265 e. The van der Waals surface area contributed by atoms with Crippen molar-refractivity contribution in [2.75, 3.05) is 22.4 Å². The Morgan fingerprint density at radius 3 is 2.56 bits per heavy atom. The van der Waals surface area contributed by atoms with Gasteiger partial charge in [-0.05, 0) is 42.5 Å². The minimum Gasteiger partial charge on any atom is -0.478 e. The molecular formula is C23H21ClN2O5S. The number of hydrogen-bond donors (Lipinski definition) is 1. The summed E-state index contributed by atoms with van der Waals surface area (Å²) in [4.78, 5) is 13.1. The molecule has 4 rings (SSSR count). The Kier molecular flexibility index (Phi) is 6.25. The van der Waals surface area contributed by atoms with Crippen LogP contribution in [0.15, 0.2) is 72.8 Å². The number of para-hydroxylation sites is 3. The fourth-order valence-electron chi connectivity index (χ4n) is 3.38. The molecule has 1 aliphatic heterocycles. The van der Waals surface area contributed by atoms with Crippen LogP contribution in [0.25, 0.3) is 0 Å². The summed E-state index contributed by atoms with van der Waals surface area (Å²) in [6.07, 6.45) is 0.387. The fraction of sp³-hybridized carbons (Fsp3) is 0.174. The molecule has 0 spiro atoms. The van der Waals surface area contributed by atoms with E-state index in [0.29, 0.717) is 33.6 Å². The van der Waals surface area contributed by atoms with Crippen molar-refractivity contribution in [3.8, 4) is 17.2 Å². The Bertz CT molecular complexity index is 1230. The summed E-state index contributed by atoms with van der Waals surface area (Å²) in [7, 11) is -3.53. The number of nitrogens with zero attached hydrogens (tertiary/aromatic N) is 1. The Balaban J connectivity index is 1.58. The molecule has 7 nitrogen and oxygen atoms in total. The zero-order valence-corrected chi connectivity index (χ0v) is 18.8. The third kappa shape index (κ3) is 4.98. The lowest BCUT2D eigenvalue weighted by molar-refractivity contribution is -0.122. The first kappa shape index (κ1) is 22.0. The number of ether oxygens (including phenoxy) is 2. The number of fused-ring (bicyclic) bond motifs is 1. The molecule has 3 aromatic rings. The van der Waals surface area contributed by atoms with Crippen molar-refractivity contribution in [3.05, 3.63) is 77.8 Å². The number of rotatable bonds is 5. The first-order chi connectivity index (χ1) is 15.3. The Morgan fingerprint density at radius 2 is 1.81 bits per heavy atom. The van der Waals surface area contributed by atoms with Crippen molar-refractivity contribution in [2.24, 2.45) is 0 Å². The quantitative estimate of drug-likeness (QED) is 0.582. The number of carbonyl (C=O) groups excluding carboxylic acids is 1. The van der Waals surface area contributed by atoms with E-state index in [1.54, 1.807) is 54.6 Å². The van der Waals surface area contributed by atoms with E-state index in [1.807, 2.05) is 18.2 Å². The lowest BCUT2D eigenvalue weighted by atomic mass is 10.2. The number of hydrogen-bond acceptors (Lipinski definition) is 5. The summed E-state index contributed by atoms with van der Waals surface area (Å²) in [5.41, 5.74) is 0.786. The lowest BCUT2D eigenvalue weighted by Gasteiger charge is -2.20. The summed E-state index contributed by atoms with van der Waals surface area (Å²) in [6, 6.07) is 20.8. The number of amides is 1. The van der Waals surface area contributed by atoms with Gasteiger partial charge in [0.15, 0.2) is 11.9 Å². The van der Waals surface area contributed by atoms with Gasteiger partial charge in [-0.15, -0.1) is 0 Å². The van der Waals surface area contributed by atoms with E-state index in [1.165, 1.54) is 4.31 Å². The summed E-state index contributed by atoms with van der Waals surface area (Å²) < 4.78 is 37.6. The molecule has 0 saturated carbocycles. The summed E-state index contributed by atoms with van der Waals surface area (Å²) in [5, 5.41) is 3.24.